The van der Waals surface area contributed by atoms with Crippen LogP contribution in [0.2, 0.25) is 0 Å². The van der Waals surface area contributed by atoms with E-state index >= 15 is 0 Å². The minimum Gasteiger partial charge on any atom is -0.227 e. The molecule has 5 heteroatoms. The molecule has 48 valence electrons. The Labute approximate surface area is 67.9 Å². The van der Waals surface area contributed by atoms with Crippen molar-refractivity contribution < 1.29 is 0 Å². The van der Waals surface area contributed by atoms with Gasteiger partial charge >= 0.3 is 0 Å². The molecule has 1 aromatic heterocycles. The second kappa shape index (κ2) is 3.24. The number of aliphatic imine (C=N–C) groups is 1. The van der Waals surface area contributed by atoms with E-state index in [2.05, 4.69) is 35.2 Å². The van der Waals surface area contributed by atoms with E-state index in [1.165, 1.54) is 11.3 Å². The first kappa shape index (κ1) is 7.11. The van der Waals surface area contributed by atoms with Crippen LogP contribution in [0.15, 0.2) is 16.6 Å². The van der Waals surface area contributed by atoms with Gasteiger partial charge in [-0.15, -0.1) is 36.6 Å². The maximum atomic E-state index is 3.89. The third kappa shape index (κ3) is 2.38. The highest BCUT2D eigenvalue weighted by atomic mass is 32.2. The molecular formula is C4H4N2S3. The number of aromatic nitrogens is 1. The number of nitrogens with zero attached hydrogens (tertiary/aromatic N) is 2. The summed E-state index contributed by atoms with van der Waals surface area (Å²) in [7, 11) is 0. The fourth-order valence-electron chi connectivity index (χ4n) is 0.357. The molecule has 0 N–H and O–H groups in total. The summed E-state index contributed by atoms with van der Waals surface area (Å²) in [5, 5.41) is 2.54. The third-order valence-corrected chi connectivity index (χ3v) is 1.48. The molecule has 0 unspecified atom stereocenters. The Morgan fingerprint density at radius 2 is 2.44 bits per heavy atom. The molecule has 9 heavy (non-hydrogen) atoms. The molecule has 2 nitrogen and oxygen atoms in total. The molecule has 0 aliphatic heterocycles. The summed E-state index contributed by atoms with van der Waals surface area (Å²) in [5.74, 6) is 0. The maximum absolute atomic E-state index is 3.89. The summed E-state index contributed by atoms with van der Waals surface area (Å²) in [5.41, 5.74) is 0. The summed E-state index contributed by atoms with van der Waals surface area (Å²) < 4.78 is 0.435. The van der Waals surface area contributed by atoms with Gasteiger partial charge in [-0.25, -0.2) is 9.98 Å². The Morgan fingerprint density at radius 1 is 1.67 bits per heavy atom. The monoisotopic (exact) mass is 176 g/mol. The Hall–Kier alpha value is -0.0000000000000000833. The Bertz CT molecular complexity index is 200. The molecule has 0 fully saturated rings. The molecule has 0 saturated carbocycles. The van der Waals surface area contributed by atoms with E-state index in [4.69, 9.17) is 0 Å². The number of thiazole rings is 1. The van der Waals surface area contributed by atoms with Gasteiger partial charge in [-0.1, -0.05) is 0 Å². The Morgan fingerprint density at radius 3 is 2.89 bits per heavy atom. The van der Waals surface area contributed by atoms with Crippen LogP contribution in [0.5, 0.6) is 0 Å². The van der Waals surface area contributed by atoms with Crippen LogP contribution in [-0.4, -0.2) is 9.36 Å². The predicted molar refractivity (Wildman–Crippen MR) is 47.2 cm³/mol. The highest BCUT2D eigenvalue weighted by Crippen LogP contribution is 2.15. The smallest absolute Gasteiger partial charge is 0.210 e. The molecule has 0 amide bonds. The van der Waals surface area contributed by atoms with Crippen molar-refractivity contribution in [3.8, 4) is 0 Å². The lowest BCUT2D eigenvalue weighted by Crippen LogP contribution is -1.66. The van der Waals surface area contributed by atoms with Crippen molar-refractivity contribution in [1.82, 2.24) is 4.98 Å². The fourth-order valence-corrected chi connectivity index (χ4v) is 1.19. The first-order valence-corrected chi connectivity index (χ1v) is 3.92. The van der Waals surface area contributed by atoms with Gasteiger partial charge in [-0.05, 0) is 0 Å². The van der Waals surface area contributed by atoms with Crippen LogP contribution in [0.25, 0.3) is 0 Å². The molecule has 0 bridgehead atoms. The largest absolute Gasteiger partial charge is 0.227 e. The van der Waals surface area contributed by atoms with E-state index < -0.39 is 0 Å². The SMILES string of the molecule is SC(S)=Nc1nccs1. The average molecular weight is 176 g/mol. The summed E-state index contributed by atoms with van der Waals surface area (Å²) in [4.78, 5) is 7.76. The van der Waals surface area contributed by atoms with Gasteiger partial charge < -0.3 is 0 Å². The first-order chi connectivity index (χ1) is 4.29. The van der Waals surface area contributed by atoms with Crippen molar-refractivity contribution >= 4 is 46.1 Å². The van der Waals surface area contributed by atoms with Crippen LogP contribution in [0, 0.1) is 0 Å². The highest BCUT2D eigenvalue weighted by Gasteiger charge is 1.88. The van der Waals surface area contributed by atoms with Crippen LogP contribution in [-0.2, 0) is 0 Å². The summed E-state index contributed by atoms with van der Waals surface area (Å²) in [6, 6.07) is 0. The second-order valence-electron chi connectivity index (χ2n) is 1.23. The first-order valence-electron chi connectivity index (χ1n) is 2.15. The van der Waals surface area contributed by atoms with Crippen molar-refractivity contribution in [3.05, 3.63) is 11.6 Å². The van der Waals surface area contributed by atoms with Gasteiger partial charge in [0.2, 0.25) is 5.13 Å². The van der Waals surface area contributed by atoms with Gasteiger partial charge in [0.25, 0.3) is 0 Å². The molecule has 1 heterocycles. The van der Waals surface area contributed by atoms with E-state index in [1.54, 1.807) is 6.20 Å². The van der Waals surface area contributed by atoms with Crippen molar-refractivity contribution in [2.75, 3.05) is 0 Å². The van der Waals surface area contributed by atoms with Gasteiger partial charge in [-0.2, -0.15) is 0 Å². The molecule has 0 aliphatic rings. The zero-order valence-corrected chi connectivity index (χ0v) is 6.96. The lowest BCUT2D eigenvalue weighted by Gasteiger charge is -1.81. The number of thiol groups is 2. The lowest BCUT2D eigenvalue weighted by molar-refractivity contribution is 1.37. The van der Waals surface area contributed by atoms with Gasteiger partial charge in [-0.3, -0.25) is 0 Å². The van der Waals surface area contributed by atoms with Crippen LogP contribution in [0.3, 0.4) is 0 Å². The third-order valence-electron chi connectivity index (χ3n) is 0.615. The van der Waals surface area contributed by atoms with Gasteiger partial charge in [0.05, 0.1) is 0 Å². The molecule has 0 aliphatic carbocycles. The van der Waals surface area contributed by atoms with Crippen LogP contribution in [0.1, 0.15) is 0 Å². The zero-order valence-electron chi connectivity index (χ0n) is 4.35. The Balaban J connectivity index is 2.80. The molecule has 0 radical (unpaired) electrons. The van der Waals surface area contributed by atoms with Gasteiger partial charge in [0.1, 0.15) is 4.38 Å². The number of hydrogen-bond donors (Lipinski definition) is 2. The summed E-state index contributed by atoms with van der Waals surface area (Å²) in [6.45, 7) is 0. The van der Waals surface area contributed by atoms with E-state index in [1.807, 2.05) is 5.38 Å². The summed E-state index contributed by atoms with van der Waals surface area (Å²) in [6.07, 6.45) is 1.69. The molecule has 0 saturated heterocycles. The predicted octanol–water partition coefficient (Wildman–Crippen LogP) is 1.99. The van der Waals surface area contributed by atoms with E-state index in [0.717, 1.165) is 0 Å². The number of hydrogen-bond acceptors (Lipinski definition) is 3. The molecule has 0 atom stereocenters. The van der Waals surface area contributed by atoms with Gasteiger partial charge in [0, 0.05) is 11.6 Å². The molecule has 1 aromatic rings. The van der Waals surface area contributed by atoms with E-state index in [0.29, 0.717) is 9.51 Å². The molecule has 1 rings (SSSR count). The van der Waals surface area contributed by atoms with Crippen molar-refractivity contribution in [1.29, 1.82) is 0 Å². The van der Waals surface area contributed by atoms with Crippen molar-refractivity contribution in [2.24, 2.45) is 4.99 Å². The number of rotatable bonds is 1. The lowest BCUT2D eigenvalue weighted by atomic mass is 11.0. The second-order valence-corrected chi connectivity index (χ2v) is 3.30. The Kier molecular flexibility index (Phi) is 2.56. The van der Waals surface area contributed by atoms with Crippen LogP contribution < -0.4 is 0 Å². The molecule has 0 aromatic carbocycles. The average Bonchev–Trinajstić information content (AvgIpc) is 2.15. The topological polar surface area (TPSA) is 25.2 Å². The molecular weight excluding hydrogens is 172 g/mol. The fraction of sp³-hybridized carbons (Fsp3) is 0. The zero-order chi connectivity index (χ0) is 6.69. The normalized spacial score (nSPS) is 9.11. The van der Waals surface area contributed by atoms with E-state index in [-0.39, 0.29) is 0 Å². The standard InChI is InChI=1S/C4H4N2S3/c7-4(8)6-3-5-1-2-9-3/h1-2H,(H2,5,6,7,8). The summed E-state index contributed by atoms with van der Waals surface area (Å²) >= 11 is 9.19. The van der Waals surface area contributed by atoms with Crippen molar-refractivity contribution in [2.45, 2.75) is 0 Å². The van der Waals surface area contributed by atoms with Crippen LogP contribution in [0.4, 0.5) is 5.13 Å². The quantitative estimate of drug-likeness (QED) is 0.382. The van der Waals surface area contributed by atoms with E-state index in [9.17, 15) is 0 Å². The maximum Gasteiger partial charge on any atom is 0.210 e. The van der Waals surface area contributed by atoms with Gasteiger partial charge in [0.15, 0.2) is 0 Å². The highest BCUT2D eigenvalue weighted by molar-refractivity contribution is 8.23. The van der Waals surface area contributed by atoms with Crippen molar-refractivity contribution in [3.63, 3.8) is 0 Å². The molecule has 0 spiro atoms. The van der Waals surface area contributed by atoms with Crippen LogP contribution >= 0.6 is 36.6 Å². The minimum absolute atomic E-state index is 0.435. The minimum atomic E-state index is 0.435.